The fourth-order valence-electron chi connectivity index (χ4n) is 1.90. The molecule has 0 saturated heterocycles. The molecule has 19 heavy (non-hydrogen) atoms. The third kappa shape index (κ3) is 3.71. The highest BCUT2D eigenvalue weighted by molar-refractivity contribution is 5.42. The van der Waals surface area contributed by atoms with E-state index in [1.807, 2.05) is 35.7 Å². The van der Waals surface area contributed by atoms with Crippen LogP contribution in [0.5, 0.6) is 0 Å². The van der Waals surface area contributed by atoms with Crippen molar-refractivity contribution in [2.24, 2.45) is 0 Å². The van der Waals surface area contributed by atoms with Gasteiger partial charge in [0.05, 0.1) is 18.0 Å². The van der Waals surface area contributed by atoms with Gasteiger partial charge in [-0.15, -0.1) is 0 Å². The predicted molar refractivity (Wildman–Crippen MR) is 68.5 cm³/mol. The number of aromatic nitrogens is 2. The lowest BCUT2D eigenvalue weighted by atomic mass is 10.3. The molecule has 0 aromatic carbocycles. The monoisotopic (exact) mass is 269 g/mol. The lowest BCUT2D eigenvalue weighted by Gasteiger charge is -2.06. The Morgan fingerprint density at radius 1 is 1.42 bits per heavy atom. The van der Waals surface area contributed by atoms with E-state index in [1.54, 1.807) is 0 Å². The van der Waals surface area contributed by atoms with E-state index in [2.05, 4.69) is 10.3 Å². The molecule has 0 bridgehead atoms. The molecular formula is C13H17F2N3O. The Hall–Kier alpha value is -1.53. The molecule has 0 atom stereocenters. The number of aryl methyl sites for hydroxylation is 1. The highest BCUT2D eigenvalue weighted by Crippen LogP contribution is 2.11. The van der Waals surface area contributed by atoms with Crippen LogP contribution >= 0.6 is 0 Å². The summed E-state index contributed by atoms with van der Waals surface area (Å²) in [6, 6.07) is 5.84. The molecule has 2 rings (SSSR count). The third-order valence-corrected chi connectivity index (χ3v) is 2.79. The lowest BCUT2D eigenvalue weighted by Crippen LogP contribution is -2.21. The van der Waals surface area contributed by atoms with E-state index in [9.17, 15) is 8.78 Å². The quantitative estimate of drug-likeness (QED) is 0.781. The Kier molecular flexibility index (Phi) is 4.81. The Balaban J connectivity index is 1.83. The number of nitrogens with zero attached hydrogens (tertiary/aromatic N) is 2. The average molecular weight is 269 g/mol. The summed E-state index contributed by atoms with van der Waals surface area (Å²) in [5.41, 5.74) is 2.95. The first kappa shape index (κ1) is 13.9. The summed E-state index contributed by atoms with van der Waals surface area (Å²) in [4.78, 5) is 4.44. The van der Waals surface area contributed by atoms with E-state index in [1.165, 1.54) is 0 Å². The molecular weight excluding hydrogens is 252 g/mol. The summed E-state index contributed by atoms with van der Waals surface area (Å²) >= 11 is 0. The van der Waals surface area contributed by atoms with Gasteiger partial charge in [-0.2, -0.15) is 0 Å². The molecule has 6 heteroatoms. The largest absolute Gasteiger partial charge is 0.374 e. The van der Waals surface area contributed by atoms with Crippen LogP contribution < -0.4 is 5.32 Å². The molecule has 2 heterocycles. The predicted octanol–water partition coefficient (Wildman–Crippen LogP) is 2.01. The number of pyridine rings is 1. The molecule has 2 aromatic rings. The van der Waals surface area contributed by atoms with Crippen molar-refractivity contribution in [3.05, 3.63) is 35.8 Å². The molecule has 4 nitrogen and oxygen atoms in total. The van der Waals surface area contributed by atoms with Crippen LogP contribution in [0.2, 0.25) is 0 Å². The van der Waals surface area contributed by atoms with Gasteiger partial charge in [0, 0.05) is 19.3 Å². The third-order valence-electron chi connectivity index (χ3n) is 2.79. The first-order valence-electron chi connectivity index (χ1n) is 6.17. The van der Waals surface area contributed by atoms with Crippen LogP contribution in [0, 0.1) is 6.92 Å². The highest BCUT2D eigenvalue weighted by atomic mass is 19.3. The zero-order valence-corrected chi connectivity index (χ0v) is 10.8. The van der Waals surface area contributed by atoms with Gasteiger partial charge in [-0.25, -0.2) is 13.8 Å². The molecule has 0 amide bonds. The smallest absolute Gasteiger partial charge is 0.261 e. The summed E-state index contributed by atoms with van der Waals surface area (Å²) in [5, 5.41) is 3.16. The number of nitrogens with one attached hydrogen (secondary N) is 1. The molecule has 0 radical (unpaired) electrons. The molecule has 0 unspecified atom stereocenters. The van der Waals surface area contributed by atoms with Crippen LogP contribution in [-0.4, -0.2) is 35.6 Å². The van der Waals surface area contributed by atoms with Crippen molar-refractivity contribution in [3.8, 4) is 0 Å². The van der Waals surface area contributed by atoms with E-state index < -0.39 is 13.0 Å². The number of fused-ring (bicyclic) bond motifs is 1. The van der Waals surface area contributed by atoms with Gasteiger partial charge in [-0.1, -0.05) is 6.07 Å². The first-order valence-corrected chi connectivity index (χ1v) is 6.17. The van der Waals surface area contributed by atoms with Gasteiger partial charge in [-0.05, 0) is 19.1 Å². The number of hydrogen-bond donors (Lipinski definition) is 1. The van der Waals surface area contributed by atoms with E-state index in [4.69, 9.17) is 4.74 Å². The Labute approximate surface area is 110 Å². The van der Waals surface area contributed by atoms with Crippen molar-refractivity contribution in [2.75, 3.05) is 19.8 Å². The van der Waals surface area contributed by atoms with E-state index >= 15 is 0 Å². The maximum Gasteiger partial charge on any atom is 0.261 e. The number of halogens is 2. The van der Waals surface area contributed by atoms with Crippen LogP contribution in [0.25, 0.3) is 5.65 Å². The van der Waals surface area contributed by atoms with Crippen molar-refractivity contribution < 1.29 is 13.5 Å². The second kappa shape index (κ2) is 6.58. The number of imidazole rings is 1. The Morgan fingerprint density at radius 2 is 2.26 bits per heavy atom. The summed E-state index contributed by atoms with van der Waals surface area (Å²) in [7, 11) is 0. The van der Waals surface area contributed by atoms with E-state index in [-0.39, 0.29) is 6.61 Å². The minimum Gasteiger partial charge on any atom is -0.374 e. The molecule has 0 aliphatic carbocycles. The fourth-order valence-corrected chi connectivity index (χ4v) is 1.90. The number of rotatable bonds is 7. The van der Waals surface area contributed by atoms with E-state index in [0.717, 1.165) is 17.0 Å². The molecule has 2 aromatic heterocycles. The van der Waals surface area contributed by atoms with Crippen molar-refractivity contribution in [1.82, 2.24) is 14.7 Å². The summed E-state index contributed by atoms with van der Waals surface area (Å²) in [5.74, 6) is 0. The molecule has 0 aliphatic rings. The number of ether oxygens (including phenoxy) is 1. The van der Waals surface area contributed by atoms with Crippen molar-refractivity contribution >= 4 is 5.65 Å². The average Bonchev–Trinajstić information content (AvgIpc) is 2.69. The van der Waals surface area contributed by atoms with Crippen LogP contribution in [0.1, 0.15) is 11.4 Å². The maximum atomic E-state index is 11.8. The molecule has 0 fully saturated rings. The summed E-state index contributed by atoms with van der Waals surface area (Å²) < 4.78 is 30.5. The summed E-state index contributed by atoms with van der Waals surface area (Å²) in [6.07, 6.45) is -0.444. The van der Waals surface area contributed by atoms with Gasteiger partial charge < -0.3 is 14.5 Å². The van der Waals surface area contributed by atoms with E-state index in [0.29, 0.717) is 13.1 Å². The van der Waals surface area contributed by atoms with Gasteiger partial charge in [0.1, 0.15) is 12.3 Å². The Bertz CT molecular complexity index is 528. The molecule has 104 valence electrons. The summed E-state index contributed by atoms with van der Waals surface area (Å²) in [6.45, 7) is 2.90. The minimum absolute atomic E-state index is 0.278. The second-order valence-corrected chi connectivity index (χ2v) is 4.22. The highest BCUT2D eigenvalue weighted by Gasteiger charge is 2.07. The Morgan fingerprint density at radius 3 is 3.05 bits per heavy atom. The van der Waals surface area contributed by atoms with Gasteiger partial charge in [0.15, 0.2) is 0 Å². The van der Waals surface area contributed by atoms with Gasteiger partial charge in [0.25, 0.3) is 6.43 Å². The normalized spacial score (nSPS) is 11.6. The second-order valence-electron chi connectivity index (χ2n) is 4.22. The van der Waals surface area contributed by atoms with Crippen molar-refractivity contribution in [1.29, 1.82) is 0 Å². The molecule has 1 N–H and O–H groups in total. The maximum absolute atomic E-state index is 11.8. The molecule has 0 spiro atoms. The zero-order chi connectivity index (χ0) is 13.7. The van der Waals surface area contributed by atoms with Gasteiger partial charge in [0.2, 0.25) is 0 Å². The van der Waals surface area contributed by atoms with Gasteiger partial charge >= 0.3 is 0 Å². The molecule has 0 aliphatic heterocycles. The van der Waals surface area contributed by atoms with Crippen LogP contribution in [-0.2, 0) is 11.3 Å². The number of alkyl halides is 2. The minimum atomic E-state index is -2.40. The van der Waals surface area contributed by atoms with Crippen LogP contribution in [0.4, 0.5) is 8.78 Å². The fraction of sp³-hybridized carbons (Fsp3) is 0.462. The number of hydrogen-bond acceptors (Lipinski definition) is 3. The SMILES string of the molecule is Cc1nc2ccccn2c1CNCCOCC(F)F. The standard InChI is InChI=1S/C13H17F2N3O/c1-10-11(8-16-5-7-19-9-12(14)15)18-6-3-2-4-13(18)17-10/h2-4,6,12,16H,5,7-9H2,1H3. The van der Waals surface area contributed by atoms with Crippen molar-refractivity contribution in [3.63, 3.8) is 0 Å². The molecule has 0 saturated carbocycles. The first-order chi connectivity index (χ1) is 9.18. The van der Waals surface area contributed by atoms with Crippen molar-refractivity contribution in [2.45, 2.75) is 19.9 Å². The van der Waals surface area contributed by atoms with Gasteiger partial charge in [-0.3, -0.25) is 0 Å². The lowest BCUT2D eigenvalue weighted by molar-refractivity contribution is 0.0187. The topological polar surface area (TPSA) is 38.6 Å². The van der Waals surface area contributed by atoms with Crippen LogP contribution in [0.3, 0.4) is 0 Å². The zero-order valence-electron chi connectivity index (χ0n) is 10.8. The van der Waals surface area contributed by atoms with Crippen LogP contribution in [0.15, 0.2) is 24.4 Å².